The maximum Gasteiger partial charge on any atom is 1.00 e. The van der Waals surface area contributed by atoms with Crippen LogP contribution in [0.1, 0.15) is 17.5 Å². The number of hydrogen-bond acceptors (Lipinski definition) is 1. The molecule has 0 spiro atoms. The van der Waals surface area contributed by atoms with Gasteiger partial charge in [-0.1, -0.05) is 36.0 Å². The molecule has 70 valence electrons. The third-order valence-electron chi connectivity index (χ3n) is 1.85. The van der Waals surface area contributed by atoms with Crippen molar-refractivity contribution >= 4 is 37.9 Å². The van der Waals surface area contributed by atoms with Crippen molar-refractivity contribution in [2.75, 3.05) is 6.16 Å². The van der Waals surface area contributed by atoms with Crippen molar-refractivity contribution in [1.82, 2.24) is 0 Å². The molecule has 4 heteroatoms. The van der Waals surface area contributed by atoms with E-state index >= 15 is 0 Å². The van der Waals surface area contributed by atoms with Gasteiger partial charge >= 0.3 is 18.9 Å². The zero-order valence-corrected chi connectivity index (χ0v) is 11.0. The van der Waals surface area contributed by atoms with E-state index in [2.05, 4.69) is 9.24 Å². The number of benzene rings is 1. The van der Waals surface area contributed by atoms with Crippen molar-refractivity contribution in [3.8, 4) is 0 Å². The molecule has 0 saturated carbocycles. The quantitative estimate of drug-likeness (QED) is 0.325. The Bertz CT molecular complexity index is 308. The Morgan fingerprint density at radius 3 is 2.64 bits per heavy atom. The van der Waals surface area contributed by atoms with Gasteiger partial charge in [-0.15, -0.1) is 0 Å². The molecular formula is C10H11ClLiPS. The zero-order chi connectivity index (χ0) is 9.84. The molecule has 0 unspecified atom stereocenters. The van der Waals surface area contributed by atoms with Crippen molar-refractivity contribution in [3.05, 3.63) is 34.3 Å². The van der Waals surface area contributed by atoms with Crippen LogP contribution in [0.5, 0.6) is 0 Å². The molecule has 0 fully saturated rings. The maximum atomic E-state index is 6.06. The fourth-order valence-electron chi connectivity index (χ4n) is 1.22. The molecule has 1 rings (SSSR count). The van der Waals surface area contributed by atoms with Crippen molar-refractivity contribution < 1.29 is 18.9 Å². The summed E-state index contributed by atoms with van der Waals surface area (Å²) in [6.45, 7) is 2.03. The Hall–Kier alpha value is 0.627. The van der Waals surface area contributed by atoms with Crippen LogP contribution in [0.2, 0.25) is 5.02 Å². The molecule has 0 N–H and O–H groups in total. The van der Waals surface area contributed by atoms with Gasteiger partial charge in [-0.05, 0) is 25.0 Å². The molecule has 1 aromatic carbocycles. The molecule has 0 aliphatic heterocycles. The van der Waals surface area contributed by atoms with Gasteiger partial charge in [-0.25, -0.2) is 0 Å². The fourth-order valence-corrected chi connectivity index (χ4v) is 2.42. The van der Waals surface area contributed by atoms with Gasteiger partial charge in [0.2, 0.25) is 0 Å². The van der Waals surface area contributed by atoms with E-state index in [1.807, 2.05) is 25.1 Å². The van der Waals surface area contributed by atoms with E-state index in [-0.39, 0.29) is 18.9 Å². The van der Waals surface area contributed by atoms with Crippen LogP contribution in [0, 0.1) is 6.92 Å². The predicted octanol–water partition coefficient (Wildman–Crippen LogP) is 0.903. The topological polar surface area (TPSA) is 0 Å². The Balaban J connectivity index is 0.00000169. The average molecular weight is 237 g/mol. The summed E-state index contributed by atoms with van der Waals surface area (Å²) >= 11 is 11.3. The van der Waals surface area contributed by atoms with Crippen molar-refractivity contribution in [3.63, 3.8) is 0 Å². The van der Waals surface area contributed by atoms with Crippen LogP contribution in [-0.2, 0) is 0 Å². The molecule has 0 aromatic heterocycles. The smallest absolute Gasteiger partial charge is 0.558 e. The first-order valence-electron chi connectivity index (χ1n) is 4.09. The molecule has 0 nitrogen and oxygen atoms in total. The Labute approximate surface area is 110 Å². The second-order valence-corrected chi connectivity index (χ2v) is 4.25. The summed E-state index contributed by atoms with van der Waals surface area (Å²) in [5, 5.41) is 0.755. The van der Waals surface area contributed by atoms with Gasteiger partial charge in [0.25, 0.3) is 0 Å². The molecule has 0 radical (unpaired) electrons. The second-order valence-electron chi connectivity index (χ2n) is 2.85. The van der Waals surface area contributed by atoms with Crippen LogP contribution in [0.3, 0.4) is 0 Å². The summed E-state index contributed by atoms with van der Waals surface area (Å²) in [5.74, 6) is 0. The molecule has 0 aliphatic carbocycles. The Morgan fingerprint density at radius 2 is 2.14 bits per heavy atom. The van der Waals surface area contributed by atoms with Crippen LogP contribution < -0.4 is 18.9 Å². The SMILES string of the molecule is Cc1cccc(Cl)c1C(=S)CC[PH-].[Li+]. The molecule has 14 heavy (non-hydrogen) atoms. The third-order valence-corrected chi connectivity index (χ3v) is 2.83. The van der Waals surface area contributed by atoms with Gasteiger partial charge in [0.05, 0.1) is 0 Å². The molecule has 0 atom stereocenters. The van der Waals surface area contributed by atoms with Crippen LogP contribution >= 0.6 is 33.1 Å². The molecule has 0 heterocycles. The van der Waals surface area contributed by atoms with Gasteiger partial charge < -0.3 is 9.24 Å². The monoisotopic (exact) mass is 236 g/mol. The van der Waals surface area contributed by atoms with Crippen LogP contribution in [0.15, 0.2) is 18.2 Å². The van der Waals surface area contributed by atoms with E-state index in [0.29, 0.717) is 0 Å². The normalized spacial score (nSPS) is 9.36. The van der Waals surface area contributed by atoms with Crippen molar-refractivity contribution in [2.24, 2.45) is 0 Å². The molecule has 1 aromatic rings. The molecule has 0 saturated heterocycles. The van der Waals surface area contributed by atoms with E-state index < -0.39 is 0 Å². The Morgan fingerprint density at radius 1 is 1.50 bits per heavy atom. The minimum atomic E-state index is 0. The first-order valence-corrected chi connectivity index (χ1v) is 5.59. The van der Waals surface area contributed by atoms with Gasteiger partial charge in [0, 0.05) is 15.5 Å². The number of rotatable bonds is 3. The van der Waals surface area contributed by atoms with E-state index in [1.165, 1.54) is 0 Å². The predicted molar refractivity (Wildman–Crippen MR) is 65.7 cm³/mol. The minimum absolute atomic E-state index is 0. The number of thiocarbonyl (C=S) groups is 1. The third kappa shape index (κ3) is 3.65. The van der Waals surface area contributed by atoms with Gasteiger partial charge in [0.1, 0.15) is 0 Å². The summed E-state index contributed by atoms with van der Waals surface area (Å²) in [4.78, 5) is 0.929. The van der Waals surface area contributed by atoms with Crippen LogP contribution in [-0.4, -0.2) is 11.0 Å². The summed E-state index contributed by atoms with van der Waals surface area (Å²) < 4.78 is 0. The molecule has 0 bridgehead atoms. The van der Waals surface area contributed by atoms with Gasteiger partial charge in [-0.2, -0.15) is 6.16 Å². The largest absolute Gasteiger partial charge is 1.00 e. The first-order chi connectivity index (χ1) is 6.16. The number of hydrogen-bond donors (Lipinski definition) is 0. The van der Waals surface area contributed by atoms with Crippen molar-refractivity contribution in [2.45, 2.75) is 13.3 Å². The first kappa shape index (κ1) is 14.6. The van der Waals surface area contributed by atoms with E-state index in [4.69, 9.17) is 23.8 Å². The number of halogens is 1. The summed E-state index contributed by atoms with van der Waals surface area (Å²) in [6, 6.07) is 5.85. The fraction of sp³-hybridized carbons (Fsp3) is 0.300. The van der Waals surface area contributed by atoms with Crippen LogP contribution in [0.4, 0.5) is 0 Å². The van der Waals surface area contributed by atoms with Crippen molar-refractivity contribution in [1.29, 1.82) is 0 Å². The Kier molecular flexibility index (Phi) is 7.31. The summed E-state index contributed by atoms with van der Waals surface area (Å²) in [6.07, 6.45) is 1.74. The average Bonchev–Trinajstić information content (AvgIpc) is 2.04. The van der Waals surface area contributed by atoms with Crippen LogP contribution in [0.25, 0.3) is 0 Å². The van der Waals surface area contributed by atoms with E-state index in [9.17, 15) is 0 Å². The molecular weight excluding hydrogens is 226 g/mol. The summed E-state index contributed by atoms with van der Waals surface area (Å²) in [5.41, 5.74) is 2.18. The maximum absolute atomic E-state index is 6.06. The second kappa shape index (κ2) is 6.99. The van der Waals surface area contributed by atoms with Gasteiger partial charge in [0.15, 0.2) is 0 Å². The molecule has 0 amide bonds. The van der Waals surface area contributed by atoms with E-state index in [0.717, 1.165) is 33.6 Å². The van der Waals surface area contributed by atoms with E-state index in [1.54, 1.807) is 0 Å². The minimum Gasteiger partial charge on any atom is -0.558 e. The zero-order valence-electron chi connectivity index (χ0n) is 8.43. The van der Waals surface area contributed by atoms with Gasteiger partial charge in [-0.3, -0.25) is 0 Å². The molecule has 0 aliphatic rings. The number of aryl methyl sites for hydroxylation is 1. The standard InChI is InChI=1S/C10H11ClPS.Li/c1-7-3-2-4-8(11)10(7)9(13)5-6-12;/h2-4,12H,5-6H2,1H3;/q-1;+1. The summed E-state index contributed by atoms with van der Waals surface area (Å²) in [7, 11) is 3.41.